The van der Waals surface area contributed by atoms with Gasteiger partial charge in [-0.15, -0.1) is 0 Å². The number of hydrogen-bond acceptors (Lipinski definition) is 2. The van der Waals surface area contributed by atoms with Crippen LogP contribution < -0.4 is 10.1 Å². The van der Waals surface area contributed by atoms with Crippen molar-refractivity contribution in [3.8, 4) is 5.75 Å². The van der Waals surface area contributed by atoms with Gasteiger partial charge in [0.25, 0.3) is 0 Å². The zero-order valence-corrected chi connectivity index (χ0v) is 13.0. The number of methoxy groups -OCH3 is 1. The number of ether oxygens (including phenoxy) is 1. The van der Waals surface area contributed by atoms with Crippen LogP contribution in [0.1, 0.15) is 11.1 Å². The van der Waals surface area contributed by atoms with E-state index >= 15 is 0 Å². The Morgan fingerprint density at radius 1 is 1.11 bits per heavy atom. The average Bonchev–Trinajstić information content (AvgIpc) is 2.39. The van der Waals surface area contributed by atoms with Gasteiger partial charge < -0.3 is 10.1 Å². The Hall–Kier alpha value is -1.03. The standard InChI is InChI=1S/C15H15BrClNO/c1-19-15-6-5-12(8-14(15)16)10-18-9-11-3-2-4-13(17)7-11/h2-8,18H,9-10H2,1H3. The lowest BCUT2D eigenvalue weighted by atomic mass is 10.2. The Balaban J connectivity index is 1.90. The highest BCUT2D eigenvalue weighted by atomic mass is 79.9. The quantitative estimate of drug-likeness (QED) is 0.871. The predicted octanol–water partition coefficient (Wildman–Crippen LogP) is 4.40. The minimum Gasteiger partial charge on any atom is -0.496 e. The van der Waals surface area contributed by atoms with E-state index in [1.807, 2.05) is 24.3 Å². The van der Waals surface area contributed by atoms with Crippen molar-refractivity contribution >= 4 is 27.5 Å². The number of halogens is 2. The molecule has 0 saturated carbocycles. The second kappa shape index (κ2) is 6.94. The highest BCUT2D eigenvalue weighted by Gasteiger charge is 2.01. The lowest BCUT2D eigenvalue weighted by Gasteiger charge is -2.08. The molecule has 0 aliphatic rings. The molecule has 0 aromatic heterocycles. The van der Waals surface area contributed by atoms with Crippen LogP contribution in [-0.2, 0) is 13.1 Å². The van der Waals surface area contributed by atoms with Crippen molar-refractivity contribution in [3.05, 3.63) is 63.1 Å². The van der Waals surface area contributed by atoms with Gasteiger partial charge in [0, 0.05) is 18.1 Å². The van der Waals surface area contributed by atoms with Gasteiger partial charge in [0.15, 0.2) is 0 Å². The van der Waals surface area contributed by atoms with Crippen LogP contribution in [0, 0.1) is 0 Å². The number of rotatable bonds is 5. The minimum atomic E-state index is 0.770. The lowest BCUT2D eigenvalue weighted by molar-refractivity contribution is 0.412. The third kappa shape index (κ3) is 4.23. The maximum absolute atomic E-state index is 5.95. The second-order valence-electron chi connectivity index (χ2n) is 4.20. The summed E-state index contributed by atoms with van der Waals surface area (Å²) in [5.41, 5.74) is 2.38. The van der Waals surface area contributed by atoms with Crippen molar-refractivity contribution in [1.29, 1.82) is 0 Å². The fourth-order valence-corrected chi connectivity index (χ4v) is 2.62. The van der Waals surface area contributed by atoms with Gasteiger partial charge in [-0.1, -0.05) is 29.8 Å². The van der Waals surface area contributed by atoms with E-state index in [0.29, 0.717) is 0 Å². The normalized spacial score (nSPS) is 10.5. The van der Waals surface area contributed by atoms with Crippen LogP contribution in [0.15, 0.2) is 46.9 Å². The molecule has 1 N–H and O–H groups in total. The third-order valence-electron chi connectivity index (χ3n) is 2.76. The molecule has 0 fully saturated rings. The maximum atomic E-state index is 5.95. The first-order valence-corrected chi connectivity index (χ1v) is 7.13. The molecule has 0 radical (unpaired) electrons. The van der Waals surface area contributed by atoms with Gasteiger partial charge in [0.05, 0.1) is 11.6 Å². The molecular formula is C15H15BrClNO. The summed E-state index contributed by atoms with van der Waals surface area (Å²) in [6.45, 7) is 1.60. The Morgan fingerprint density at radius 2 is 1.84 bits per heavy atom. The molecule has 0 bridgehead atoms. The van der Waals surface area contributed by atoms with E-state index in [4.69, 9.17) is 16.3 Å². The van der Waals surface area contributed by atoms with Gasteiger partial charge in [-0.3, -0.25) is 0 Å². The van der Waals surface area contributed by atoms with E-state index in [2.05, 4.69) is 39.4 Å². The zero-order valence-electron chi connectivity index (χ0n) is 10.6. The molecule has 0 aliphatic carbocycles. The summed E-state index contributed by atoms with van der Waals surface area (Å²) in [6, 6.07) is 13.9. The summed E-state index contributed by atoms with van der Waals surface area (Å²) in [5.74, 6) is 0.846. The number of nitrogens with one attached hydrogen (secondary N) is 1. The Labute approximate surface area is 126 Å². The smallest absolute Gasteiger partial charge is 0.133 e. The highest BCUT2D eigenvalue weighted by Crippen LogP contribution is 2.25. The van der Waals surface area contributed by atoms with E-state index in [9.17, 15) is 0 Å². The Morgan fingerprint density at radius 3 is 2.47 bits per heavy atom. The SMILES string of the molecule is COc1ccc(CNCc2cccc(Cl)c2)cc1Br. The molecule has 2 aromatic rings. The molecule has 0 aliphatic heterocycles. The third-order valence-corrected chi connectivity index (χ3v) is 3.62. The molecule has 19 heavy (non-hydrogen) atoms. The van der Waals surface area contributed by atoms with Crippen LogP contribution in [-0.4, -0.2) is 7.11 Å². The first-order chi connectivity index (χ1) is 9.19. The molecule has 2 rings (SSSR count). The van der Waals surface area contributed by atoms with E-state index in [1.165, 1.54) is 11.1 Å². The van der Waals surface area contributed by atoms with E-state index in [0.717, 1.165) is 28.3 Å². The Kier molecular flexibility index (Phi) is 5.25. The zero-order chi connectivity index (χ0) is 13.7. The van der Waals surface area contributed by atoms with Crippen LogP contribution in [0.5, 0.6) is 5.75 Å². The monoisotopic (exact) mass is 339 g/mol. The minimum absolute atomic E-state index is 0.770. The molecule has 0 spiro atoms. The first kappa shape index (κ1) is 14.4. The van der Waals surface area contributed by atoms with Crippen molar-refractivity contribution in [2.75, 3.05) is 7.11 Å². The van der Waals surface area contributed by atoms with Gasteiger partial charge in [0.2, 0.25) is 0 Å². The summed E-state index contributed by atoms with van der Waals surface area (Å²) in [5, 5.41) is 4.16. The highest BCUT2D eigenvalue weighted by molar-refractivity contribution is 9.10. The van der Waals surface area contributed by atoms with E-state index in [-0.39, 0.29) is 0 Å². The fraction of sp³-hybridized carbons (Fsp3) is 0.200. The average molecular weight is 341 g/mol. The molecule has 2 nitrogen and oxygen atoms in total. The van der Waals surface area contributed by atoms with Gasteiger partial charge in [-0.2, -0.15) is 0 Å². The van der Waals surface area contributed by atoms with Crippen LogP contribution in [0.25, 0.3) is 0 Å². The molecule has 2 aromatic carbocycles. The van der Waals surface area contributed by atoms with Crippen molar-refractivity contribution in [3.63, 3.8) is 0 Å². The maximum Gasteiger partial charge on any atom is 0.133 e. The van der Waals surface area contributed by atoms with Crippen molar-refractivity contribution in [2.24, 2.45) is 0 Å². The second-order valence-corrected chi connectivity index (χ2v) is 5.49. The van der Waals surface area contributed by atoms with Crippen LogP contribution >= 0.6 is 27.5 Å². The van der Waals surface area contributed by atoms with Gasteiger partial charge in [0.1, 0.15) is 5.75 Å². The summed E-state index contributed by atoms with van der Waals surface area (Å²) < 4.78 is 6.17. The molecule has 0 heterocycles. The van der Waals surface area contributed by atoms with Crippen LogP contribution in [0.3, 0.4) is 0 Å². The molecule has 0 saturated heterocycles. The Bertz CT molecular complexity index is 560. The van der Waals surface area contributed by atoms with Crippen molar-refractivity contribution in [2.45, 2.75) is 13.1 Å². The van der Waals surface area contributed by atoms with E-state index < -0.39 is 0 Å². The number of hydrogen-bond donors (Lipinski definition) is 1. The van der Waals surface area contributed by atoms with Gasteiger partial charge in [-0.25, -0.2) is 0 Å². The van der Waals surface area contributed by atoms with Crippen LogP contribution in [0.2, 0.25) is 5.02 Å². The van der Waals surface area contributed by atoms with Crippen LogP contribution in [0.4, 0.5) is 0 Å². The largest absolute Gasteiger partial charge is 0.496 e. The van der Waals surface area contributed by atoms with Gasteiger partial charge in [-0.05, 0) is 51.3 Å². The molecule has 0 amide bonds. The summed E-state index contributed by atoms with van der Waals surface area (Å²) in [7, 11) is 1.66. The fourth-order valence-electron chi connectivity index (χ4n) is 1.82. The van der Waals surface area contributed by atoms with Crippen molar-refractivity contribution in [1.82, 2.24) is 5.32 Å². The summed E-state index contributed by atoms with van der Waals surface area (Å²) in [4.78, 5) is 0. The molecule has 0 atom stereocenters. The molecule has 0 unspecified atom stereocenters. The predicted molar refractivity (Wildman–Crippen MR) is 82.7 cm³/mol. The summed E-state index contributed by atoms with van der Waals surface area (Å²) >= 11 is 9.43. The van der Waals surface area contributed by atoms with Gasteiger partial charge >= 0.3 is 0 Å². The van der Waals surface area contributed by atoms with E-state index in [1.54, 1.807) is 7.11 Å². The molecule has 100 valence electrons. The van der Waals surface area contributed by atoms with Crippen molar-refractivity contribution < 1.29 is 4.74 Å². The molecular weight excluding hydrogens is 326 g/mol. The first-order valence-electron chi connectivity index (χ1n) is 5.96. The lowest BCUT2D eigenvalue weighted by Crippen LogP contribution is -2.12. The topological polar surface area (TPSA) is 21.3 Å². The molecule has 4 heteroatoms. The summed E-state index contributed by atoms with van der Waals surface area (Å²) in [6.07, 6.45) is 0. The number of benzene rings is 2.